The summed E-state index contributed by atoms with van der Waals surface area (Å²) in [5.74, 6) is -4.72. The van der Waals surface area contributed by atoms with Crippen LogP contribution in [0, 0.1) is 5.41 Å². The second-order valence-electron chi connectivity index (χ2n) is 7.41. The lowest BCUT2D eigenvalue weighted by molar-refractivity contribution is -0.192. The molecule has 0 bridgehead atoms. The Hall–Kier alpha value is -2.41. The zero-order valence-corrected chi connectivity index (χ0v) is 17.0. The summed E-state index contributed by atoms with van der Waals surface area (Å²) in [6.45, 7) is 2.39. The summed E-state index contributed by atoms with van der Waals surface area (Å²) in [6, 6.07) is 0. The number of aliphatic carboxylic acids is 1. The molecule has 2 aromatic heterocycles. The number of carboxylic acids is 1. The monoisotopic (exact) mass is 465 g/mol. The number of anilines is 1. The zero-order chi connectivity index (χ0) is 22.7. The van der Waals surface area contributed by atoms with E-state index in [2.05, 4.69) is 19.9 Å². The highest BCUT2D eigenvalue weighted by Crippen LogP contribution is 2.50. The van der Waals surface area contributed by atoms with Crippen molar-refractivity contribution in [1.29, 1.82) is 0 Å². The number of carboxylic acid groups (broad SMARTS) is 1. The summed E-state index contributed by atoms with van der Waals surface area (Å²) < 4.78 is 61.3. The Balaban J connectivity index is 0.000000339. The summed E-state index contributed by atoms with van der Waals surface area (Å²) >= 11 is 1.58. The van der Waals surface area contributed by atoms with E-state index in [1.54, 1.807) is 36.1 Å². The first-order valence-corrected chi connectivity index (χ1v) is 10.2. The molecule has 1 spiro atoms. The first-order chi connectivity index (χ1) is 14.5. The Labute approximate surface area is 178 Å². The van der Waals surface area contributed by atoms with Crippen LogP contribution in [-0.4, -0.2) is 69.2 Å². The van der Waals surface area contributed by atoms with Gasteiger partial charge in [-0.15, -0.1) is 11.3 Å². The minimum atomic E-state index is -5.08. The fourth-order valence-corrected chi connectivity index (χ4v) is 4.45. The maximum Gasteiger partial charge on any atom is 0.490 e. The molecule has 2 fully saturated rings. The van der Waals surface area contributed by atoms with Gasteiger partial charge in [-0.05, 0) is 6.42 Å². The number of halogens is 5. The predicted molar refractivity (Wildman–Crippen MR) is 102 cm³/mol. The number of carbonyl (C=O) groups is 1. The summed E-state index contributed by atoms with van der Waals surface area (Å²) in [7, 11) is 0. The van der Waals surface area contributed by atoms with Gasteiger partial charge < -0.3 is 10.0 Å². The normalized spacial score (nSPS) is 23.5. The maximum absolute atomic E-state index is 14.8. The van der Waals surface area contributed by atoms with Crippen LogP contribution < -0.4 is 4.90 Å². The van der Waals surface area contributed by atoms with E-state index in [-0.39, 0.29) is 6.42 Å². The molecular formula is C18H20F5N5O2S. The Morgan fingerprint density at radius 2 is 1.87 bits per heavy atom. The maximum atomic E-state index is 14.8. The third kappa shape index (κ3) is 5.45. The first kappa shape index (κ1) is 23.3. The van der Waals surface area contributed by atoms with Gasteiger partial charge in [0.25, 0.3) is 5.92 Å². The van der Waals surface area contributed by atoms with Gasteiger partial charge in [-0.3, -0.25) is 9.88 Å². The number of piperidine rings is 1. The molecule has 0 aromatic carbocycles. The van der Waals surface area contributed by atoms with Crippen molar-refractivity contribution in [3.63, 3.8) is 0 Å². The van der Waals surface area contributed by atoms with Crippen molar-refractivity contribution in [2.45, 2.75) is 31.5 Å². The van der Waals surface area contributed by atoms with E-state index in [1.807, 2.05) is 10.3 Å². The molecule has 170 valence electrons. The number of aromatic nitrogens is 3. The molecule has 4 rings (SSSR count). The molecule has 1 unspecified atom stereocenters. The minimum absolute atomic E-state index is 0.0906. The second kappa shape index (κ2) is 8.99. The van der Waals surface area contributed by atoms with Gasteiger partial charge in [0.1, 0.15) is 10.8 Å². The van der Waals surface area contributed by atoms with Crippen LogP contribution in [0.5, 0.6) is 0 Å². The van der Waals surface area contributed by atoms with Gasteiger partial charge in [0.2, 0.25) is 0 Å². The molecule has 31 heavy (non-hydrogen) atoms. The number of likely N-dealkylation sites (tertiary alicyclic amines) is 1. The topological polar surface area (TPSA) is 82.5 Å². The molecule has 0 aliphatic carbocycles. The SMILES string of the molecule is FC1(F)CCN(Cc2nccs2)CC12CCN(c1cnccn1)C2.O=C(O)C(F)(F)F. The van der Waals surface area contributed by atoms with Crippen LogP contribution in [0.2, 0.25) is 0 Å². The average molecular weight is 465 g/mol. The Kier molecular flexibility index (Phi) is 6.74. The molecule has 1 N–H and O–H groups in total. The molecule has 7 nitrogen and oxygen atoms in total. The van der Waals surface area contributed by atoms with Crippen molar-refractivity contribution in [1.82, 2.24) is 19.9 Å². The van der Waals surface area contributed by atoms with E-state index in [9.17, 15) is 22.0 Å². The molecule has 2 aliphatic rings. The van der Waals surface area contributed by atoms with Crippen molar-refractivity contribution < 1.29 is 31.9 Å². The van der Waals surface area contributed by atoms with E-state index in [1.165, 1.54) is 0 Å². The van der Waals surface area contributed by atoms with E-state index >= 15 is 0 Å². The molecule has 0 radical (unpaired) electrons. The molecule has 1 atom stereocenters. The average Bonchev–Trinajstić information content (AvgIpc) is 3.37. The van der Waals surface area contributed by atoms with Crippen LogP contribution >= 0.6 is 11.3 Å². The van der Waals surface area contributed by atoms with Gasteiger partial charge in [-0.1, -0.05) is 0 Å². The summed E-state index contributed by atoms with van der Waals surface area (Å²) in [4.78, 5) is 25.6. The number of thiazole rings is 1. The Morgan fingerprint density at radius 1 is 1.13 bits per heavy atom. The van der Waals surface area contributed by atoms with Gasteiger partial charge in [0, 0.05) is 56.6 Å². The van der Waals surface area contributed by atoms with Crippen LogP contribution in [0.1, 0.15) is 17.8 Å². The van der Waals surface area contributed by atoms with Crippen molar-refractivity contribution in [2.75, 3.05) is 31.1 Å². The largest absolute Gasteiger partial charge is 0.490 e. The van der Waals surface area contributed by atoms with Crippen LogP contribution in [0.3, 0.4) is 0 Å². The van der Waals surface area contributed by atoms with Crippen LogP contribution in [0.4, 0.5) is 27.8 Å². The number of hydrogen-bond donors (Lipinski definition) is 1. The molecule has 2 saturated heterocycles. The number of hydrogen-bond acceptors (Lipinski definition) is 7. The molecule has 0 saturated carbocycles. The highest BCUT2D eigenvalue weighted by atomic mass is 32.1. The molecule has 0 amide bonds. The van der Waals surface area contributed by atoms with Gasteiger partial charge in [-0.2, -0.15) is 13.2 Å². The summed E-state index contributed by atoms with van der Waals surface area (Å²) in [5.41, 5.74) is -1.01. The van der Waals surface area contributed by atoms with Gasteiger partial charge >= 0.3 is 12.1 Å². The van der Waals surface area contributed by atoms with Crippen LogP contribution in [-0.2, 0) is 11.3 Å². The molecule has 4 heterocycles. The van der Waals surface area contributed by atoms with Crippen LogP contribution in [0.15, 0.2) is 30.2 Å². The molecule has 2 aliphatic heterocycles. The van der Waals surface area contributed by atoms with Gasteiger partial charge in [-0.25, -0.2) is 23.5 Å². The smallest absolute Gasteiger partial charge is 0.475 e. The lowest BCUT2D eigenvalue weighted by Gasteiger charge is -2.45. The zero-order valence-electron chi connectivity index (χ0n) is 16.2. The lowest BCUT2D eigenvalue weighted by atomic mass is 9.75. The highest BCUT2D eigenvalue weighted by Gasteiger charge is 2.59. The Morgan fingerprint density at radius 3 is 2.45 bits per heavy atom. The van der Waals surface area contributed by atoms with E-state index in [0.29, 0.717) is 45.0 Å². The molecular weight excluding hydrogens is 445 g/mol. The highest BCUT2D eigenvalue weighted by molar-refractivity contribution is 7.09. The van der Waals surface area contributed by atoms with Crippen molar-refractivity contribution in [3.05, 3.63) is 35.2 Å². The third-order valence-electron chi connectivity index (χ3n) is 5.36. The standard InChI is InChI=1S/C16H19F2N5S.C2HF3O2/c17-16(18)2-6-22(10-14-21-5-8-24-14)11-15(16)1-7-23(12-15)13-9-19-3-4-20-13;3-2(4,5)1(6)7/h3-5,8-9H,1-2,6-7,10-12H2;(H,6,7). The fourth-order valence-electron chi connectivity index (χ4n) is 3.79. The first-order valence-electron chi connectivity index (χ1n) is 9.32. The summed E-state index contributed by atoms with van der Waals surface area (Å²) in [5, 5.41) is 10.0. The number of alkyl halides is 5. The predicted octanol–water partition coefficient (Wildman–Crippen LogP) is 3.30. The summed E-state index contributed by atoms with van der Waals surface area (Å²) in [6.07, 6.45) is 1.92. The molecule has 13 heteroatoms. The van der Waals surface area contributed by atoms with Crippen molar-refractivity contribution in [2.24, 2.45) is 5.41 Å². The fraction of sp³-hybridized carbons (Fsp3) is 0.556. The van der Waals surface area contributed by atoms with Gasteiger partial charge in [0.05, 0.1) is 18.2 Å². The van der Waals surface area contributed by atoms with E-state index in [4.69, 9.17) is 9.90 Å². The van der Waals surface area contributed by atoms with Crippen molar-refractivity contribution >= 4 is 23.1 Å². The van der Waals surface area contributed by atoms with Gasteiger partial charge in [0.15, 0.2) is 0 Å². The van der Waals surface area contributed by atoms with E-state index in [0.717, 1.165) is 5.01 Å². The lowest BCUT2D eigenvalue weighted by Crippen LogP contribution is -2.56. The Bertz CT molecular complexity index is 868. The third-order valence-corrected chi connectivity index (χ3v) is 6.12. The van der Waals surface area contributed by atoms with Crippen LogP contribution in [0.25, 0.3) is 0 Å². The molecule has 2 aromatic rings. The quantitative estimate of drug-likeness (QED) is 0.697. The number of nitrogens with zero attached hydrogens (tertiary/aromatic N) is 5. The van der Waals surface area contributed by atoms with Crippen molar-refractivity contribution in [3.8, 4) is 0 Å². The number of rotatable bonds is 3. The van der Waals surface area contributed by atoms with E-state index < -0.39 is 23.5 Å². The minimum Gasteiger partial charge on any atom is -0.475 e. The second-order valence-corrected chi connectivity index (χ2v) is 8.39.